The number of urea groups is 1. The second kappa shape index (κ2) is 7.78. The van der Waals surface area contributed by atoms with E-state index in [-0.39, 0.29) is 6.03 Å². The lowest BCUT2D eigenvalue weighted by Crippen LogP contribution is -2.24. The Morgan fingerprint density at radius 1 is 0.950 bits per heavy atom. The van der Waals surface area contributed by atoms with Gasteiger partial charge < -0.3 is 16.0 Å². The third-order valence-electron chi connectivity index (χ3n) is 3.85. The minimum atomic E-state index is -0.189. The summed E-state index contributed by atoms with van der Waals surface area (Å²) >= 11 is 0. The Labute approximate surface area is 121 Å². The van der Waals surface area contributed by atoms with Gasteiger partial charge >= 0.3 is 6.03 Å². The zero-order valence-corrected chi connectivity index (χ0v) is 12.2. The molecule has 0 aliphatic heterocycles. The van der Waals surface area contributed by atoms with E-state index >= 15 is 0 Å². The van der Waals surface area contributed by atoms with E-state index in [1.54, 1.807) is 7.05 Å². The second-order valence-corrected chi connectivity index (χ2v) is 5.47. The van der Waals surface area contributed by atoms with E-state index < -0.39 is 0 Å². The van der Waals surface area contributed by atoms with Gasteiger partial charge in [-0.25, -0.2) is 4.79 Å². The molecule has 4 heteroatoms. The fourth-order valence-electron chi connectivity index (χ4n) is 2.68. The maximum Gasteiger partial charge on any atom is 0.318 e. The lowest BCUT2D eigenvalue weighted by atomic mass is 9.96. The van der Waals surface area contributed by atoms with Crippen LogP contribution in [0.2, 0.25) is 0 Å². The highest BCUT2D eigenvalue weighted by Crippen LogP contribution is 2.21. The molecule has 4 nitrogen and oxygen atoms in total. The van der Waals surface area contributed by atoms with E-state index in [2.05, 4.69) is 16.0 Å². The van der Waals surface area contributed by atoms with E-state index in [9.17, 15) is 4.79 Å². The standard InChI is InChI=1S/C16H25N3O/c1-17-16(20)19-15-11-9-14(10-12-15)18-13-7-5-3-2-4-6-8-13/h9-13,18H,2-8H2,1H3,(H2,17,19,20). The Bertz CT molecular complexity index is 408. The van der Waals surface area contributed by atoms with Crippen molar-refractivity contribution in [3.63, 3.8) is 0 Å². The number of amides is 2. The number of rotatable bonds is 3. The Hall–Kier alpha value is -1.71. The largest absolute Gasteiger partial charge is 0.382 e. The number of nitrogens with one attached hydrogen (secondary N) is 3. The van der Waals surface area contributed by atoms with Gasteiger partial charge in [-0.15, -0.1) is 0 Å². The van der Waals surface area contributed by atoms with Gasteiger partial charge in [-0.1, -0.05) is 32.1 Å². The highest BCUT2D eigenvalue weighted by molar-refractivity contribution is 5.89. The summed E-state index contributed by atoms with van der Waals surface area (Å²) in [6.45, 7) is 0. The molecule has 1 aromatic rings. The van der Waals surface area contributed by atoms with Gasteiger partial charge in [-0.3, -0.25) is 0 Å². The van der Waals surface area contributed by atoms with Gasteiger partial charge in [0, 0.05) is 24.5 Å². The van der Waals surface area contributed by atoms with Gasteiger partial charge in [-0.05, 0) is 37.1 Å². The minimum absolute atomic E-state index is 0.189. The molecule has 0 atom stereocenters. The van der Waals surface area contributed by atoms with E-state index in [1.165, 1.54) is 44.9 Å². The van der Waals surface area contributed by atoms with Crippen molar-refractivity contribution < 1.29 is 4.79 Å². The molecule has 0 radical (unpaired) electrons. The molecule has 20 heavy (non-hydrogen) atoms. The van der Waals surface area contributed by atoms with Crippen LogP contribution in [0.15, 0.2) is 24.3 Å². The van der Waals surface area contributed by atoms with Gasteiger partial charge in [0.1, 0.15) is 0 Å². The van der Waals surface area contributed by atoms with E-state index in [0.717, 1.165) is 11.4 Å². The predicted octanol–water partition coefficient (Wildman–Crippen LogP) is 3.96. The summed E-state index contributed by atoms with van der Waals surface area (Å²) < 4.78 is 0. The van der Waals surface area contributed by atoms with Gasteiger partial charge in [0.15, 0.2) is 0 Å². The fraction of sp³-hybridized carbons (Fsp3) is 0.562. The molecule has 0 bridgehead atoms. The van der Waals surface area contributed by atoms with Gasteiger partial charge in [0.25, 0.3) is 0 Å². The predicted molar refractivity (Wildman–Crippen MR) is 84.3 cm³/mol. The minimum Gasteiger partial charge on any atom is -0.382 e. The molecule has 1 fully saturated rings. The highest BCUT2D eigenvalue weighted by atomic mass is 16.2. The van der Waals surface area contributed by atoms with Gasteiger partial charge in [0.05, 0.1) is 0 Å². The number of benzene rings is 1. The van der Waals surface area contributed by atoms with Crippen molar-refractivity contribution in [2.45, 2.75) is 51.0 Å². The average Bonchev–Trinajstić information content (AvgIpc) is 2.43. The molecule has 1 aliphatic carbocycles. The molecule has 0 spiro atoms. The molecule has 1 aliphatic rings. The first kappa shape index (κ1) is 14.7. The van der Waals surface area contributed by atoms with Crippen LogP contribution in [0.4, 0.5) is 16.2 Å². The summed E-state index contributed by atoms with van der Waals surface area (Å²) in [5.41, 5.74) is 1.95. The summed E-state index contributed by atoms with van der Waals surface area (Å²) in [5, 5.41) is 8.92. The summed E-state index contributed by atoms with van der Waals surface area (Å²) in [4.78, 5) is 11.2. The van der Waals surface area contributed by atoms with Crippen LogP contribution < -0.4 is 16.0 Å². The molecule has 2 amide bonds. The molecule has 2 rings (SSSR count). The van der Waals surface area contributed by atoms with Crippen LogP contribution in [0.1, 0.15) is 44.9 Å². The van der Waals surface area contributed by atoms with Crippen molar-refractivity contribution >= 4 is 17.4 Å². The van der Waals surface area contributed by atoms with E-state index in [0.29, 0.717) is 6.04 Å². The topological polar surface area (TPSA) is 53.2 Å². The van der Waals surface area contributed by atoms with Crippen LogP contribution in [0, 0.1) is 0 Å². The normalized spacial score (nSPS) is 16.9. The monoisotopic (exact) mass is 275 g/mol. The van der Waals surface area contributed by atoms with Crippen LogP contribution in [0.3, 0.4) is 0 Å². The number of anilines is 2. The fourth-order valence-corrected chi connectivity index (χ4v) is 2.68. The Morgan fingerprint density at radius 3 is 2.10 bits per heavy atom. The van der Waals surface area contributed by atoms with E-state index in [1.807, 2.05) is 24.3 Å². The zero-order chi connectivity index (χ0) is 14.2. The van der Waals surface area contributed by atoms with Crippen molar-refractivity contribution in [1.29, 1.82) is 0 Å². The zero-order valence-electron chi connectivity index (χ0n) is 12.2. The molecular weight excluding hydrogens is 250 g/mol. The molecule has 1 aromatic carbocycles. The van der Waals surface area contributed by atoms with Crippen LogP contribution in [-0.2, 0) is 0 Å². The van der Waals surface area contributed by atoms with Crippen LogP contribution >= 0.6 is 0 Å². The maximum absolute atomic E-state index is 11.2. The molecule has 0 heterocycles. The van der Waals surface area contributed by atoms with Gasteiger partial charge in [0.2, 0.25) is 0 Å². The quantitative estimate of drug-likeness (QED) is 0.782. The van der Waals surface area contributed by atoms with Gasteiger partial charge in [-0.2, -0.15) is 0 Å². The lowest BCUT2D eigenvalue weighted by molar-refractivity contribution is 0.254. The summed E-state index contributed by atoms with van der Waals surface area (Å²) in [6, 6.07) is 8.33. The first-order valence-corrected chi connectivity index (χ1v) is 7.63. The van der Waals surface area contributed by atoms with Crippen LogP contribution in [0.25, 0.3) is 0 Å². The second-order valence-electron chi connectivity index (χ2n) is 5.47. The average molecular weight is 275 g/mol. The number of hydrogen-bond donors (Lipinski definition) is 3. The maximum atomic E-state index is 11.2. The molecule has 0 aromatic heterocycles. The number of hydrogen-bond acceptors (Lipinski definition) is 2. The lowest BCUT2D eigenvalue weighted by Gasteiger charge is -2.22. The highest BCUT2D eigenvalue weighted by Gasteiger charge is 2.10. The smallest absolute Gasteiger partial charge is 0.318 e. The van der Waals surface area contributed by atoms with Crippen LogP contribution in [-0.4, -0.2) is 19.1 Å². The summed E-state index contributed by atoms with van der Waals surface area (Å²) in [6.07, 6.45) is 9.31. The molecule has 0 saturated heterocycles. The molecule has 0 unspecified atom stereocenters. The molecule has 1 saturated carbocycles. The van der Waals surface area contributed by atoms with Crippen molar-refractivity contribution in [3.05, 3.63) is 24.3 Å². The Kier molecular flexibility index (Phi) is 5.71. The first-order valence-electron chi connectivity index (χ1n) is 7.63. The third kappa shape index (κ3) is 4.76. The molecule has 110 valence electrons. The number of carbonyl (C=O) groups is 1. The summed E-state index contributed by atoms with van der Waals surface area (Å²) in [5.74, 6) is 0. The number of carbonyl (C=O) groups excluding carboxylic acids is 1. The van der Waals surface area contributed by atoms with Crippen molar-refractivity contribution in [1.82, 2.24) is 5.32 Å². The third-order valence-corrected chi connectivity index (χ3v) is 3.85. The van der Waals surface area contributed by atoms with E-state index in [4.69, 9.17) is 0 Å². The summed E-state index contributed by atoms with van der Waals surface area (Å²) in [7, 11) is 1.61. The SMILES string of the molecule is CNC(=O)Nc1ccc(NC2CCCCCCC2)cc1. The molecule has 3 N–H and O–H groups in total. The van der Waals surface area contributed by atoms with Crippen molar-refractivity contribution in [2.75, 3.05) is 17.7 Å². The van der Waals surface area contributed by atoms with Crippen molar-refractivity contribution in [3.8, 4) is 0 Å². The van der Waals surface area contributed by atoms with Crippen LogP contribution in [0.5, 0.6) is 0 Å². The Morgan fingerprint density at radius 2 is 1.50 bits per heavy atom. The van der Waals surface area contributed by atoms with Crippen molar-refractivity contribution in [2.24, 2.45) is 0 Å². The Balaban J connectivity index is 1.87. The first-order chi connectivity index (χ1) is 9.78. The molecular formula is C16H25N3O.